The lowest BCUT2D eigenvalue weighted by molar-refractivity contribution is 0.0522. The van der Waals surface area contributed by atoms with Gasteiger partial charge in [0.1, 0.15) is 5.60 Å². The molecule has 0 bridgehead atoms. The summed E-state index contributed by atoms with van der Waals surface area (Å²) in [5.74, 6) is 0.554. The number of alkyl carbamates (subject to hydrolysis) is 1. The van der Waals surface area contributed by atoms with Crippen molar-refractivity contribution in [3.05, 3.63) is 23.7 Å². The zero-order valence-corrected chi connectivity index (χ0v) is 14.9. The molecular formula is C15H20N6O2S. The van der Waals surface area contributed by atoms with Gasteiger partial charge in [-0.1, -0.05) is 0 Å². The van der Waals surface area contributed by atoms with Crippen LogP contribution in [-0.2, 0) is 11.3 Å². The van der Waals surface area contributed by atoms with E-state index in [9.17, 15) is 4.79 Å². The van der Waals surface area contributed by atoms with Crippen molar-refractivity contribution < 1.29 is 9.53 Å². The summed E-state index contributed by atoms with van der Waals surface area (Å²) in [5, 5.41) is 15.7. The lowest BCUT2D eigenvalue weighted by atomic mass is 10.2. The SMILES string of the molecule is CC1=NSC(c2ccc3nnc(CNC(=O)OC(C)(C)C)n3n2)C1. The Labute approximate surface area is 144 Å². The molecule has 3 heterocycles. The van der Waals surface area contributed by atoms with E-state index in [4.69, 9.17) is 4.74 Å². The predicted octanol–water partition coefficient (Wildman–Crippen LogP) is 2.70. The molecular weight excluding hydrogens is 328 g/mol. The summed E-state index contributed by atoms with van der Waals surface area (Å²) in [6.07, 6.45) is 0.391. The van der Waals surface area contributed by atoms with E-state index in [1.807, 2.05) is 39.8 Å². The van der Waals surface area contributed by atoms with Gasteiger partial charge in [0.15, 0.2) is 11.5 Å². The highest BCUT2D eigenvalue weighted by Crippen LogP contribution is 2.37. The molecule has 0 aliphatic carbocycles. The number of hydrogen-bond acceptors (Lipinski definition) is 7. The molecule has 0 saturated carbocycles. The Kier molecular flexibility index (Phi) is 4.44. The average Bonchev–Trinajstić information content (AvgIpc) is 3.09. The van der Waals surface area contributed by atoms with Crippen molar-refractivity contribution in [2.75, 3.05) is 0 Å². The quantitative estimate of drug-likeness (QED) is 0.857. The predicted molar refractivity (Wildman–Crippen MR) is 91.9 cm³/mol. The van der Waals surface area contributed by atoms with Crippen molar-refractivity contribution >= 4 is 29.4 Å². The van der Waals surface area contributed by atoms with E-state index in [2.05, 4.69) is 25.0 Å². The normalized spacial score (nSPS) is 17.8. The third-order valence-corrected chi connectivity index (χ3v) is 4.36. The largest absolute Gasteiger partial charge is 0.444 e. The van der Waals surface area contributed by atoms with Crippen LogP contribution in [0.2, 0.25) is 0 Å². The summed E-state index contributed by atoms with van der Waals surface area (Å²) in [6, 6.07) is 3.82. The summed E-state index contributed by atoms with van der Waals surface area (Å²) in [7, 11) is 0. The molecule has 8 nitrogen and oxygen atoms in total. The van der Waals surface area contributed by atoms with E-state index in [0.717, 1.165) is 17.8 Å². The lowest BCUT2D eigenvalue weighted by Gasteiger charge is -2.19. The smallest absolute Gasteiger partial charge is 0.408 e. The molecule has 9 heteroatoms. The highest BCUT2D eigenvalue weighted by atomic mass is 32.2. The molecule has 2 aromatic rings. The van der Waals surface area contributed by atoms with Crippen LogP contribution in [0.5, 0.6) is 0 Å². The number of hydrogen-bond donors (Lipinski definition) is 1. The first kappa shape index (κ1) is 16.7. The number of nitrogens with zero attached hydrogens (tertiary/aromatic N) is 5. The van der Waals surface area contributed by atoms with Gasteiger partial charge in [-0.25, -0.2) is 9.19 Å². The minimum Gasteiger partial charge on any atom is -0.444 e. The van der Waals surface area contributed by atoms with Gasteiger partial charge in [0.05, 0.1) is 17.5 Å². The molecule has 0 radical (unpaired) electrons. The molecule has 2 aromatic heterocycles. The van der Waals surface area contributed by atoms with Gasteiger partial charge < -0.3 is 10.1 Å². The van der Waals surface area contributed by atoms with Crippen LogP contribution in [0.1, 0.15) is 50.9 Å². The molecule has 1 unspecified atom stereocenters. The number of ether oxygens (including phenoxy) is 1. The fourth-order valence-corrected chi connectivity index (χ4v) is 3.18. The Bertz CT molecular complexity index is 795. The van der Waals surface area contributed by atoms with Crippen molar-refractivity contribution in [1.29, 1.82) is 0 Å². The fraction of sp³-hybridized carbons (Fsp3) is 0.533. The van der Waals surface area contributed by atoms with Gasteiger partial charge in [0.2, 0.25) is 0 Å². The zero-order chi connectivity index (χ0) is 17.3. The number of amides is 1. The van der Waals surface area contributed by atoms with Crippen LogP contribution in [0.25, 0.3) is 5.65 Å². The van der Waals surface area contributed by atoms with Crippen LogP contribution in [0.4, 0.5) is 4.79 Å². The molecule has 128 valence electrons. The van der Waals surface area contributed by atoms with Crippen molar-refractivity contribution in [2.45, 2.75) is 51.5 Å². The van der Waals surface area contributed by atoms with Crippen LogP contribution < -0.4 is 5.32 Å². The number of carbonyl (C=O) groups is 1. The van der Waals surface area contributed by atoms with Crippen molar-refractivity contribution in [2.24, 2.45) is 4.40 Å². The van der Waals surface area contributed by atoms with Crippen molar-refractivity contribution in [3.63, 3.8) is 0 Å². The van der Waals surface area contributed by atoms with Crippen LogP contribution in [0.3, 0.4) is 0 Å². The third-order valence-electron chi connectivity index (χ3n) is 3.28. The fourth-order valence-electron chi connectivity index (χ4n) is 2.25. The van der Waals surface area contributed by atoms with Gasteiger partial charge in [-0.15, -0.1) is 10.2 Å². The number of carbonyl (C=O) groups excluding carboxylic acids is 1. The van der Waals surface area contributed by atoms with E-state index in [0.29, 0.717) is 11.5 Å². The maximum absolute atomic E-state index is 11.8. The van der Waals surface area contributed by atoms with Crippen LogP contribution in [-0.4, -0.2) is 37.2 Å². The summed E-state index contributed by atoms with van der Waals surface area (Å²) in [6.45, 7) is 7.66. The second-order valence-electron chi connectivity index (χ2n) is 6.62. The summed E-state index contributed by atoms with van der Waals surface area (Å²) >= 11 is 1.53. The van der Waals surface area contributed by atoms with E-state index < -0.39 is 11.7 Å². The van der Waals surface area contributed by atoms with Gasteiger partial charge in [-0.05, 0) is 51.8 Å². The first-order valence-electron chi connectivity index (χ1n) is 7.69. The Balaban J connectivity index is 1.73. The van der Waals surface area contributed by atoms with Crippen LogP contribution in [0, 0.1) is 0 Å². The standard InChI is InChI=1S/C15H20N6O2S/c1-9-7-11(24-20-9)10-5-6-12-17-18-13(21(12)19-10)8-16-14(22)23-15(2,3)4/h5-6,11H,7-8H2,1-4H3,(H,16,22). The minimum atomic E-state index is -0.542. The maximum atomic E-state index is 11.8. The molecule has 3 rings (SSSR count). The van der Waals surface area contributed by atoms with Crippen LogP contribution >= 0.6 is 11.9 Å². The second-order valence-corrected chi connectivity index (χ2v) is 7.59. The minimum absolute atomic E-state index is 0.194. The number of aromatic nitrogens is 4. The van der Waals surface area contributed by atoms with Gasteiger partial charge in [0.25, 0.3) is 0 Å². The van der Waals surface area contributed by atoms with E-state index >= 15 is 0 Å². The molecule has 0 fully saturated rings. The summed E-state index contributed by atoms with van der Waals surface area (Å²) < 4.78 is 11.2. The molecule has 0 saturated heterocycles. The molecule has 1 amide bonds. The zero-order valence-electron chi connectivity index (χ0n) is 14.1. The Morgan fingerprint density at radius 1 is 1.42 bits per heavy atom. The Morgan fingerprint density at radius 3 is 2.88 bits per heavy atom. The average molecular weight is 348 g/mol. The van der Waals surface area contributed by atoms with Crippen LogP contribution in [0.15, 0.2) is 16.5 Å². The Hall–Kier alpha value is -2.16. The van der Waals surface area contributed by atoms with Crippen molar-refractivity contribution in [1.82, 2.24) is 25.1 Å². The molecule has 24 heavy (non-hydrogen) atoms. The monoisotopic (exact) mass is 348 g/mol. The second kappa shape index (κ2) is 6.39. The van der Waals surface area contributed by atoms with E-state index in [-0.39, 0.29) is 11.8 Å². The molecule has 1 N–H and O–H groups in total. The van der Waals surface area contributed by atoms with Crippen molar-refractivity contribution in [3.8, 4) is 0 Å². The van der Waals surface area contributed by atoms with Gasteiger partial charge in [0, 0.05) is 12.1 Å². The Morgan fingerprint density at radius 2 is 2.21 bits per heavy atom. The first-order valence-corrected chi connectivity index (χ1v) is 8.53. The maximum Gasteiger partial charge on any atom is 0.408 e. The van der Waals surface area contributed by atoms with E-state index in [1.54, 1.807) is 4.52 Å². The highest BCUT2D eigenvalue weighted by Gasteiger charge is 2.22. The first-order chi connectivity index (χ1) is 11.3. The van der Waals surface area contributed by atoms with E-state index in [1.165, 1.54) is 11.9 Å². The lowest BCUT2D eigenvalue weighted by Crippen LogP contribution is -2.32. The number of nitrogens with one attached hydrogen (secondary N) is 1. The molecule has 0 aromatic carbocycles. The number of rotatable bonds is 3. The number of fused-ring (bicyclic) bond motifs is 1. The molecule has 1 aliphatic heterocycles. The third kappa shape index (κ3) is 3.84. The summed E-state index contributed by atoms with van der Waals surface area (Å²) in [4.78, 5) is 11.8. The molecule has 1 atom stereocenters. The van der Waals surface area contributed by atoms with Gasteiger partial charge in [-0.2, -0.15) is 9.61 Å². The molecule has 0 spiro atoms. The molecule has 1 aliphatic rings. The van der Waals surface area contributed by atoms with Gasteiger partial charge >= 0.3 is 6.09 Å². The summed E-state index contributed by atoms with van der Waals surface area (Å²) in [5.41, 5.74) is 2.13. The van der Waals surface area contributed by atoms with Gasteiger partial charge in [-0.3, -0.25) is 0 Å². The highest BCUT2D eigenvalue weighted by molar-refractivity contribution is 7.98. The topological polar surface area (TPSA) is 93.8 Å².